The van der Waals surface area contributed by atoms with Crippen LogP contribution in [0.5, 0.6) is 0 Å². The van der Waals surface area contributed by atoms with Crippen LogP contribution in [0, 0.1) is 0 Å². The Morgan fingerprint density at radius 1 is 1.15 bits per heavy atom. The van der Waals surface area contributed by atoms with Gasteiger partial charge in [0, 0.05) is 47.8 Å². The number of nitrogens with one attached hydrogen (secondary N) is 1. The van der Waals surface area contributed by atoms with Crippen molar-refractivity contribution in [3.8, 4) is 11.5 Å². The van der Waals surface area contributed by atoms with Crippen LogP contribution in [0.15, 0.2) is 46.9 Å². The normalized spacial score (nSPS) is 22.1. The zero-order chi connectivity index (χ0) is 23.7. The molecule has 8 nitrogen and oxygen atoms in total. The van der Waals surface area contributed by atoms with E-state index in [1.54, 1.807) is 36.2 Å². The van der Waals surface area contributed by atoms with E-state index in [2.05, 4.69) is 10.3 Å². The average Bonchev–Trinajstić information content (AvgIpc) is 3.59. The summed E-state index contributed by atoms with van der Waals surface area (Å²) in [5.74, 6) is 0.410. The highest BCUT2D eigenvalue weighted by atomic mass is 35.5. The molecule has 178 valence electrons. The second-order valence-corrected chi connectivity index (χ2v) is 9.22. The molecule has 34 heavy (non-hydrogen) atoms. The van der Waals surface area contributed by atoms with Gasteiger partial charge in [-0.2, -0.15) is 0 Å². The number of hydrogen-bond acceptors (Lipinski definition) is 6. The summed E-state index contributed by atoms with van der Waals surface area (Å²) in [6.07, 6.45) is 3.03. The first-order valence-electron chi connectivity index (χ1n) is 11.5. The van der Waals surface area contributed by atoms with E-state index in [4.69, 9.17) is 25.5 Å². The Morgan fingerprint density at radius 2 is 1.97 bits per heavy atom. The molecule has 5 rings (SSSR count). The monoisotopic (exact) mass is 483 g/mol. The standard InChI is InChI=1S/C25H26ClN3O5/c1-29(19-10-9-18(14-19)27-25(31)34-22-3-2-12-32-22)24(30)16-6-4-15(5-7-16)23-28-20-11-8-17(26)13-21(20)33-23/h4-8,11,13,18-19,22H,2-3,9-10,12,14H2,1H3,(H,27,31)/t18-,19+,22-/m0/s1. The van der Waals surface area contributed by atoms with Gasteiger partial charge in [-0.1, -0.05) is 11.6 Å². The van der Waals surface area contributed by atoms with E-state index in [9.17, 15) is 9.59 Å². The SMILES string of the molecule is CN(C(=O)c1ccc(-c2nc3ccc(Cl)cc3o2)cc1)[C@@H]1CC[C@H](NC(=O)O[C@H]2CCCO2)C1. The van der Waals surface area contributed by atoms with Crippen molar-refractivity contribution in [2.45, 2.75) is 50.5 Å². The minimum Gasteiger partial charge on any atom is -0.436 e. The first kappa shape index (κ1) is 22.7. The van der Waals surface area contributed by atoms with Crippen LogP contribution in [-0.2, 0) is 9.47 Å². The molecule has 1 saturated carbocycles. The summed E-state index contributed by atoms with van der Waals surface area (Å²) in [6, 6.07) is 12.5. The van der Waals surface area contributed by atoms with E-state index in [0.29, 0.717) is 35.1 Å². The predicted molar refractivity (Wildman–Crippen MR) is 127 cm³/mol. The zero-order valence-corrected chi connectivity index (χ0v) is 19.6. The minimum atomic E-state index is -0.455. The lowest BCUT2D eigenvalue weighted by Crippen LogP contribution is -2.39. The summed E-state index contributed by atoms with van der Waals surface area (Å²) in [6.45, 7) is 0.626. The maximum atomic E-state index is 13.1. The molecule has 2 aromatic carbocycles. The Kier molecular flexibility index (Phi) is 6.43. The molecular weight excluding hydrogens is 458 g/mol. The number of carbonyl (C=O) groups is 2. The van der Waals surface area contributed by atoms with E-state index in [0.717, 1.165) is 36.8 Å². The smallest absolute Gasteiger partial charge is 0.409 e. The third-order valence-corrected chi connectivity index (χ3v) is 6.69. The molecular formula is C25H26ClN3O5. The number of halogens is 1. The van der Waals surface area contributed by atoms with Crippen LogP contribution < -0.4 is 5.32 Å². The number of amides is 2. The van der Waals surface area contributed by atoms with Gasteiger partial charge in [0.2, 0.25) is 12.2 Å². The number of oxazole rings is 1. The molecule has 0 spiro atoms. The van der Waals surface area contributed by atoms with Crippen LogP contribution in [0.4, 0.5) is 4.79 Å². The minimum absolute atomic E-state index is 0.0239. The van der Waals surface area contributed by atoms with Crippen molar-refractivity contribution in [2.24, 2.45) is 0 Å². The van der Waals surface area contributed by atoms with Gasteiger partial charge in [-0.15, -0.1) is 0 Å². The Hall–Kier alpha value is -3.10. The molecule has 0 unspecified atom stereocenters. The third-order valence-electron chi connectivity index (χ3n) is 6.45. The number of alkyl carbamates (subject to hydrolysis) is 1. The van der Waals surface area contributed by atoms with Crippen LogP contribution in [-0.4, -0.2) is 53.9 Å². The van der Waals surface area contributed by atoms with E-state index in [1.165, 1.54) is 0 Å². The highest BCUT2D eigenvalue weighted by Crippen LogP contribution is 2.28. The van der Waals surface area contributed by atoms with Gasteiger partial charge in [-0.05, 0) is 62.1 Å². The number of benzene rings is 2. The summed E-state index contributed by atoms with van der Waals surface area (Å²) in [5, 5.41) is 3.49. The number of carbonyl (C=O) groups excluding carboxylic acids is 2. The van der Waals surface area contributed by atoms with Crippen LogP contribution in [0.3, 0.4) is 0 Å². The zero-order valence-electron chi connectivity index (χ0n) is 18.8. The Balaban J connectivity index is 1.18. The van der Waals surface area contributed by atoms with Crippen molar-refractivity contribution in [3.05, 3.63) is 53.1 Å². The number of fused-ring (bicyclic) bond motifs is 1. The Bertz CT molecular complexity index is 1190. The molecule has 3 aromatic rings. The Morgan fingerprint density at radius 3 is 2.74 bits per heavy atom. The molecule has 3 atom stereocenters. The summed E-state index contributed by atoms with van der Waals surface area (Å²) in [7, 11) is 1.80. The van der Waals surface area contributed by atoms with E-state index >= 15 is 0 Å². The maximum absolute atomic E-state index is 13.1. The predicted octanol–water partition coefficient (Wildman–Crippen LogP) is 5.00. The second kappa shape index (κ2) is 9.64. The van der Waals surface area contributed by atoms with Crippen molar-refractivity contribution >= 4 is 34.7 Å². The van der Waals surface area contributed by atoms with E-state index < -0.39 is 12.4 Å². The number of hydrogen-bond donors (Lipinski definition) is 1. The largest absolute Gasteiger partial charge is 0.436 e. The highest BCUT2D eigenvalue weighted by Gasteiger charge is 2.32. The molecule has 2 aliphatic rings. The molecule has 1 aromatic heterocycles. The molecule has 1 saturated heterocycles. The fraction of sp³-hybridized carbons (Fsp3) is 0.400. The van der Waals surface area contributed by atoms with Crippen molar-refractivity contribution in [1.29, 1.82) is 0 Å². The lowest BCUT2D eigenvalue weighted by atomic mass is 10.1. The van der Waals surface area contributed by atoms with E-state index in [1.807, 2.05) is 18.2 Å². The molecule has 1 N–H and O–H groups in total. The lowest BCUT2D eigenvalue weighted by molar-refractivity contribution is -0.0685. The van der Waals surface area contributed by atoms with Crippen LogP contribution in [0.2, 0.25) is 5.02 Å². The molecule has 2 amide bonds. The van der Waals surface area contributed by atoms with Gasteiger partial charge >= 0.3 is 6.09 Å². The number of nitrogens with zero attached hydrogens (tertiary/aromatic N) is 2. The summed E-state index contributed by atoms with van der Waals surface area (Å²) < 4.78 is 16.4. The topological polar surface area (TPSA) is 93.9 Å². The average molecular weight is 484 g/mol. The van der Waals surface area contributed by atoms with Crippen molar-refractivity contribution in [3.63, 3.8) is 0 Å². The molecule has 0 bridgehead atoms. The molecule has 1 aliphatic heterocycles. The third kappa shape index (κ3) is 4.88. The maximum Gasteiger partial charge on any atom is 0.409 e. The van der Waals surface area contributed by atoms with Crippen molar-refractivity contribution in [2.75, 3.05) is 13.7 Å². The second-order valence-electron chi connectivity index (χ2n) is 8.78. The van der Waals surface area contributed by atoms with Gasteiger partial charge in [0.15, 0.2) is 5.58 Å². The van der Waals surface area contributed by atoms with Crippen LogP contribution in [0.1, 0.15) is 42.5 Å². The quantitative estimate of drug-likeness (QED) is 0.548. The Labute approximate surface area is 202 Å². The molecule has 2 heterocycles. The number of ether oxygens (including phenoxy) is 2. The molecule has 0 radical (unpaired) electrons. The van der Waals surface area contributed by atoms with Gasteiger partial charge in [-0.25, -0.2) is 9.78 Å². The fourth-order valence-corrected chi connectivity index (χ4v) is 4.71. The first-order chi connectivity index (χ1) is 16.5. The van der Waals surface area contributed by atoms with Crippen LogP contribution >= 0.6 is 11.6 Å². The summed E-state index contributed by atoms with van der Waals surface area (Å²) in [4.78, 5) is 31.4. The van der Waals surface area contributed by atoms with Gasteiger partial charge < -0.3 is 24.1 Å². The van der Waals surface area contributed by atoms with Gasteiger partial charge in [0.1, 0.15) is 5.52 Å². The number of rotatable bonds is 5. The number of aromatic nitrogens is 1. The van der Waals surface area contributed by atoms with Crippen molar-refractivity contribution < 1.29 is 23.5 Å². The molecule has 1 aliphatic carbocycles. The fourth-order valence-electron chi connectivity index (χ4n) is 4.55. The van der Waals surface area contributed by atoms with Crippen molar-refractivity contribution in [1.82, 2.24) is 15.2 Å². The summed E-state index contributed by atoms with van der Waals surface area (Å²) >= 11 is 6.02. The summed E-state index contributed by atoms with van der Waals surface area (Å²) in [5.41, 5.74) is 2.70. The van der Waals surface area contributed by atoms with Crippen LogP contribution in [0.25, 0.3) is 22.6 Å². The highest BCUT2D eigenvalue weighted by molar-refractivity contribution is 6.31. The van der Waals surface area contributed by atoms with Gasteiger partial charge in [0.25, 0.3) is 5.91 Å². The first-order valence-corrected chi connectivity index (χ1v) is 11.9. The molecule has 9 heteroatoms. The van der Waals surface area contributed by atoms with Gasteiger partial charge in [0.05, 0.1) is 6.61 Å². The molecule has 2 fully saturated rings. The lowest BCUT2D eigenvalue weighted by Gasteiger charge is -2.25. The van der Waals surface area contributed by atoms with E-state index in [-0.39, 0.29) is 18.0 Å². The van der Waals surface area contributed by atoms with Gasteiger partial charge in [-0.3, -0.25) is 4.79 Å².